The van der Waals surface area contributed by atoms with E-state index < -0.39 is 5.41 Å². The molecule has 1 aliphatic carbocycles. The van der Waals surface area contributed by atoms with Crippen molar-refractivity contribution in [2.75, 3.05) is 14.7 Å². The van der Waals surface area contributed by atoms with Crippen LogP contribution in [0.25, 0.3) is 22.3 Å². The van der Waals surface area contributed by atoms with Crippen LogP contribution >= 0.6 is 0 Å². The molecule has 0 spiro atoms. The fourth-order valence-corrected chi connectivity index (χ4v) is 13.5. The van der Waals surface area contributed by atoms with E-state index in [2.05, 4.69) is 318 Å². The van der Waals surface area contributed by atoms with Gasteiger partial charge in [0, 0.05) is 51.2 Å². The van der Waals surface area contributed by atoms with E-state index >= 15 is 0 Å². The van der Waals surface area contributed by atoms with Crippen LogP contribution < -0.4 is 14.7 Å². The van der Waals surface area contributed by atoms with E-state index in [4.69, 9.17) is 0 Å². The highest BCUT2D eigenvalue weighted by molar-refractivity contribution is 5.88. The number of rotatable bonds is 24. The van der Waals surface area contributed by atoms with Crippen LogP contribution in [0.2, 0.25) is 0 Å². The molecule has 0 atom stereocenters. The van der Waals surface area contributed by atoms with E-state index in [-0.39, 0.29) is 0 Å². The van der Waals surface area contributed by atoms with Gasteiger partial charge in [0.1, 0.15) is 0 Å². The van der Waals surface area contributed by atoms with Crippen LogP contribution in [0, 0.1) is 20.8 Å². The number of hydrogen-bond acceptors (Lipinski definition) is 3. The number of nitrogens with zero attached hydrogens (tertiary/aromatic N) is 3. The van der Waals surface area contributed by atoms with Crippen LogP contribution in [0.3, 0.4) is 0 Å². The standard InChI is InChI=1S/C86H87N3/c1-8-12-16-65-24-40-73(41-25-65)87(74-42-26-66(27-43-74)17-13-9-2)78-50-54-80(55-51-78)89(81-56-52-79(53-57-81)88(75-44-28-67(29-45-75)18-14-10-3)76-46-30-68(31-47-76)19-15-11-4)77-48-34-70(35-49-77)69-32-38-72(39-33-69)86(71-36-20-62(5)21-37-71)84-60-63(6)22-58-82(84)83-59-23-64(7)61-85(83)86/h20-61H,8-19H2,1-7H3. The first-order valence-electron chi connectivity index (χ1n) is 33.1. The van der Waals surface area contributed by atoms with Gasteiger partial charge in [-0.2, -0.15) is 0 Å². The quantitative estimate of drug-likeness (QED) is 0.0597. The highest BCUT2D eigenvalue weighted by atomic mass is 15.2. The Hall–Kier alpha value is -9.18. The summed E-state index contributed by atoms with van der Waals surface area (Å²) in [6, 6.07) is 97.3. The summed E-state index contributed by atoms with van der Waals surface area (Å²) in [7, 11) is 0. The van der Waals surface area contributed by atoms with Crippen LogP contribution in [-0.4, -0.2) is 0 Å². The van der Waals surface area contributed by atoms with E-state index in [1.54, 1.807) is 0 Å². The predicted octanol–water partition coefficient (Wildman–Crippen LogP) is 24.4. The first-order valence-corrected chi connectivity index (χ1v) is 33.1. The van der Waals surface area contributed by atoms with Crippen LogP contribution in [-0.2, 0) is 31.1 Å². The Morgan fingerprint density at radius 1 is 0.247 bits per heavy atom. The van der Waals surface area contributed by atoms with Crippen molar-refractivity contribution in [2.45, 2.75) is 131 Å². The Labute approximate surface area is 532 Å². The predicted molar refractivity (Wildman–Crippen MR) is 382 cm³/mol. The molecule has 0 fully saturated rings. The molecule has 0 amide bonds. The van der Waals surface area contributed by atoms with E-state index in [1.807, 2.05) is 0 Å². The van der Waals surface area contributed by atoms with Gasteiger partial charge in [0.15, 0.2) is 0 Å². The molecule has 0 bridgehead atoms. The lowest BCUT2D eigenvalue weighted by atomic mass is 9.67. The molecule has 12 rings (SSSR count). The third-order valence-electron chi connectivity index (χ3n) is 18.5. The van der Waals surface area contributed by atoms with Crippen LogP contribution in [0.15, 0.2) is 255 Å². The molecule has 0 heterocycles. The zero-order valence-corrected chi connectivity index (χ0v) is 53.6. The molecule has 3 heteroatoms. The summed E-state index contributed by atoms with van der Waals surface area (Å²) < 4.78 is 0. The lowest BCUT2D eigenvalue weighted by Crippen LogP contribution is -2.28. The largest absolute Gasteiger partial charge is 0.311 e. The summed E-state index contributed by atoms with van der Waals surface area (Å²) in [4.78, 5) is 7.23. The van der Waals surface area contributed by atoms with Gasteiger partial charge in [-0.3, -0.25) is 0 Å². The third kappa shape index (κ3) is 12.8. The minimum absolute atomic E-state index is 0.464. The zero-order chi connectivity index (χ0) is 61.3. The molecule has 0 saturated heterocycles. The molecule has 1 aliphatic rings. The van der Waals surface area contributed by atoms with E-state index in [1.165, 1.54) is 135 Å². The van der Waals surface area contributed by atoms with E-state index in [0.29, 0.717) is 0 Å². The van der Waals surface area contributed by atoms with Crippen molar-refractivity contribution in [2.24, 2.45) is 0 Å². The molecule has 89 heavy (non-hydrogen) atoms. The Kier molecular flexibility index (Phi) is 18.6. The topological polar surface area (TPSA) is 9.72 Å². The van der Waals surface area contributed by atoms with Crippen molar-refractivity contribution in [1.29, 1.82) is 0 Å². The van der Waals surface area contributed by atoms with Gasteiger partial charge in [-0.15, -0.1) is 0 Å². The number of anilines is 9. The Bertz CT molecular complexity index is 3780. The minimum Gasteiger partial charge on any atom is -0.311 e. The Morgan fingerprint density at radius 2 is 0.472 bits per heavy atom. The van der Waals surface area contributed by atoms with Crippen molar-refractivity contribution in [3.05, 3.63) is 316 Å². The maximum absolute atomic E-state index is 2.43. The summed E-state index contributed by atoms with van der Waals surface area (Å²) in [5, 5.41) is 0. The smallest absolute Gasteiger partial charge is 0.0713 e. The van der Waals surface area contributed by atoms with Crippen LogP contribution in [0.4, 0.5) is 51.2 Å². The summed E-state index contributed by atoms with van der Waals surface area (Å²) in [6.07, 6.45) is 13.9. The molecule has 0 radical (unpaired) electrons. The van der Waals surface area contributed by atoms with Crippen molar-refractivity contribution < 1.29 is 0 Å². The first kappa shape index (κ1) is 60.1. The lowest BCUT2D eigenvalue weighted by molar-refractivity contribution is 0.766. The molecule has 0 unspecified atom stereocenters. The average Bonchev–Trinajstić information content (AvgIpc) is 1.58. The highest BCUT2D eigenvalue weighted by Gasteiger charge is 2.46. The first-order chi connectivity index (χ1) is 43.6. The van der Waals surface area contributed by atoms with Crippen molar-refractivity contribution in [1.82, 2.24) is 0 Å². The molecule has 11 aromatic rings. The van der Waals surface area contributed by atoms with Crippen molar-refractivity contribution in [3.8, 4) is 22.3 Å². The summed E-state index contributed by atoms with van der Waals surface area (Å²) in [5.74, 6) is 0. The van der Waals surface area contributed by atoms with Gasteiger partial charge in [-0.1, -0.05) is 216 Å². The highest BCUT2D eigenvalue weighted by Crippen LogP contribution is 2.57. The molecule has 3 nitrogen and oxygen atoms in total. The van der Waals surface area contributed by atoms with Gasteiger partial charge in [0.25, 0.3) is 0 Å². The van der Waals surface area contributed by atoms with Gasteiger partial charge in [0.05, 0.1) is 5.41 Å². The molecule has 446 valence electrons. The molecule has 0 aliphatic heterocycles. The molecule has 0 N–H and O–H groups in total. The van der Waals surface area contributed by atoms with Crippen molar-refractivity contribution >= 4 is 51.2 Å². The maximum Gasteiger partial charge on any atom is 0.0713 e. The number of benzene rings is 11. The Balaban J connectivity index is 0.930. The van der Waals surface area contributed by atoms with Crippen LogP contribution in [0.1, 0.15) is 140 Å². The number of aryl methyl sites for hydroxylation is 7. The zero-order valence-electron chi connectivity index (χ0n) is 53.6. The van der Waals surface area contributed by atoms with E-state index in [9.17, 15) is 0 Å². The molecular weight excluding hydrogens is 1070 g/mol. The van der Waals surface area contributed by atoms with E-state index in [0.717, 1.165) is 76.9 Å². The molecule has 0 aromatic heterocycles. The Morgan fingerprint density at radius 3 is 0.742 bits per heavy atom. The molecule has 11 aromatic carbocycles. The number of fused-ring (bicyclic) bond motifs is 3. The second-order valence-electron chi connectivity index (χ2n) is 25.0. The second-order valence-corrected chi connectivity index (χ2v) is 25.0. The number of hydrogen-bond donors (Lipinski definition) is 0. The second kappa shape index (κ2) is 27.5. The third-order valence-corrected chi connectivity index (χ3v) is 18.5. The van der Waals surface area contributed by atoms with Gasteiger partial charge < -0.3 is 14.7 Å². The lowest BCUT2D eigenvalue weighted by Gasteiger charge is -2.34. The molecular formula is C86H87N3. The van der Waals surface area contributed by atoms with Gasteiger partial charge in [-0.25, -0.2) is 0 Å². The fourth-order valence-electron chi connectivity index (χ4n) is 13.5. The fraction of sp³-hybridized carbons (Fsp3) is 0.233. The maximum atomic E-state index is 2.43. The summed E-state index contributed by atoms with van der Waals surface area (Å²) >= 11 is 0. The summed E-state index contributed by atoms with van der Waals surface area (Å²) in [5.41, 5.74) is 29.2. The number of unbranched alkanes of at least 4 members (excludes halogenated alkanes) is 4. The average molecular weight is 1160 g/mol. The van der Waals surface area contributed by atoms with Gasteiger partial charge in [-0.05, 0) is 248 Å². The summed E-state index contributed by atoms with van der Waals surface area (Å²) in [6.45, 7) is 15.7. The van der Waals surface area contributed by atoms with Gasteiger partial charge >= 0.3 is 0 Å². The van der Waals surface area contributed by atoms with Crippen molar-refractivity contribution in [3.63, 3.8) is 0 Å². The van der Waals surface area contributed by atoms with Crippen LogP contribution in [0.5, 0.6) is 0 Å². The minimum atomic E-state index is -0.464. The monoisotopic (exact) mass is 1160 g/mol. The molecule has 0 saturated carbocycles. The normalized spacial score (nSPS) is 12.2. The van der Waals surface area contributed by atoms with Gasteiger partial charge in [0.2, 0.25) is 0 Å². The SMILES string of the molecule is CCCCc1ccc(N(c2ccc(CCCC)cc2)c2ccc(N(c3ccc(-c4ccc(C5(c6ccc(C)cc6)c6cc(C)ccc6-c6ccc(C)cc65)cc4)cc3)c3ccc(N(c4ccc(CCCC)cc4)c4ccc(CCCC)cc4)cc3)cc2)cc1.